The van der Waals surface area contributed by atoms with Gasteiger partial charge in [0.25, 0.3) is 0 Å². The summed E-state index contributed by atoms with van der Waals surface area (Å²) in [6.45, 7) is 3.81. The molecule has 0 bridgehead atoms. The highest BCUT2D eigenvalue weighted by Crippen LogP contribution is 2.31. The van der Waals surface area contributed by atoms with Gasteiger partial charge in [-0.05, 0) is 26.0 Å². The summed E-state index contributed by atoms with van der Waals surface area (Å²) in [5.41, 5.74) is 2.61. The molecule has 1 atom stereocenters. The largest absolute Gasteiger partial charge is 0.360 e. The molecule has 0 saturated carbocycles. The highest BCUT2D eigenvalue weighted by atomic mass is 32.2. The smallest absolute Gasteiger partial charge is 0.178 e. The van der Waals surface area contributed by atoms with Crippen LogP contribution in [0.4, 0.5) is 0 Å². The first-order valence-corrected chi connectivity index (χ1v) is 9.02. The third-order valence-corrected chi connectivity index (χ3v) is 5.29. The quantitative estimate of drug-likeness (QED) is 0.328. The minimum atomic E-state index is -0.239. The number of nitrogens with one attached hydrogen (secondary N) is 1. The van der Waals surface area contributed by atoms with Gasteiger partial charge in [-0.2, -0.15) is 0 Å². The van der Waals surface area contributed by atoms with Gasteiger partial charge < -0.3 is 4.98 Å². The van der Waals surface area contributed by atoms with Crippen LogP contribution >= 0.6 is 11.8 Å². The number of aromatic amines is 1. The van der Waals surface area contributed by atoms with E-state index in [9.17, 15) is 4.79 Å². The lowest BCUT2D eigenvalue weighted by Gasteiger charge is -2.11. The number of para-hydroxylation sites is 2. The van der Waals surface area contributed by atoms with Crippen molar-refractivity contribution in [1.29, 1.82) is 0 Å². The van der Waals surface area contributed by atoms with Gasteiger partial charge >= 0.3 is 0 Å². The topological polar surface area (TPSA) is 58.6 Å². The first kappa shape index (κ1) is 15.8. The van der Waals surface area contributed by atoms with Crippen LogP contribution in [0, 0.1) is 6.92 Å². The number of benzene rings is 2. The standard InChI is InChI=1S/C20H17N3OS/c1-12(19(24)16-11-21-17-9-5-3-7-14(16)17)25-20-15-8-4-6-10-18(15)22-13(2)23-20/h3-12,21H,1-2H3/t12-/m0/s1. The van der Waals surface area contributed by atoms with Crippen LogP contribution < -0.4 is 0 Å². The van der Waals surface area contributed by atoms with Gasteiger partial charge in [-0.3, -0.25) is 4.79 Å². The Morgan fingerprint density at radius 1 is 1.04 bits per heavy atom. The van der Waals surface area contributed by atoms with Crippen LogP contribution in [0.2, 0.25) is 0 Å². The van der Waals surface area contributed by atoms with E-state index in [1.165, 1.54) is 11.8 Å². The molecule has 0 aliphatic carbocycles. The number of fused-ring (bicyclic) bond motifs is 2. The molecular weight excluding hydrogens is 330 g/mol. The molecular formula is C20H17N3OS. The average Bonchev–Trinajstić information content (AvgIpc) is 3.05. The van der Waals surface area contributed by atoms with E-state index in [1.54, 1.807) is 6.20 Å². The van der Waals surface area contributed by atoms with Crippen LogP contribution in [0.25, 0.3) is 21.8 Å². The van der Waals surface area contributed by atoms with Gasteiger partial charge in [0.2, 0.25) is 0 Å². The maximum absolute atomic E-state index is 13.0. The summed E-state index contributed by atoms with van der Waals surface area (Å²) in [5, 5.41) is 2.56. The number of thioether (sulfide) groups is 1. The van der Waals surface area contributed by atoms with Crippen molar-refractivity contribution in [2.24, 2.45) is 0 Å². The summed E-state index contributed by atoms with van der Waals surface area (Å²) in [6.07, 6.45) is 1.80. The minimum absolute atomic E-state index is 0.0998. The number of ketones is 1. The van der Waals surface area contributed by atoms with E-state index < -0.39 is 0 Å². The number of nitrogens with zero attached hydrogens (tertiary/aromatic N) is 2. The van der Waals surface area contributed by atoms with Crippen molar-refractivity contribution in [2.75, 3.05) is 0 Å². The molecule has 0 saturated heterocycles. The van der Waals surface area contributed by atoms with Crippen LogP contribution in [-0.2, 0) is 0 Å². The normalized spacial score (nSPS) is 12.6. The monoisotopic (exact) mass is 347 g/mol. The van der Waals surface area contributed by atoms with Gasteiger partial charge in [0.05, 0.1) is 10.8 Å². The fraction of sp³-hybridized carbons (Fsp3) is 0.150. The number of H-pyrrole nitrogens is 1. The molecule has 2 aromatic heterocycles. The maximum Gasteiger partial charge on any atom is 0.178 e. The van der Waals surface area contributed by atoms with Crippen LogP contribution in [0.1, 0.15) is 23.1 Å². The Kier molecular flexibility index (Phi) is 4.01. The molecule has 0 unspecified atom stereocenters. The van der Waals surface area contributed by atoms with Crippen molar-refractivity contribution in [1.82, 2.24) is 15.0 Å². The van der Waals surface area contributed by atoms with Gasteiger partial charge in [-0.1, -0.05) is 48.2 Å². The van der Waals surface area contributed by atoms with Crippen LogP contribution in [-0.4, -0.2) is 26.0 Å². The molecule has 2 heterocycles. The molecule has 0 aliphatic heterocycles. The van der Waals surface area contributed by atoms with E-state index in [4.69, 9.17) is 0 Å². The molecule has 0 radical (unpaired) electrons. The third kappa shape index (κ3) is 2.91. The molecule has 25 heavy (non-hydrogen) atoms. The number of carbonyl (C=O) groups is 1. The number of rotatable bonds is 4. The molecule has 0 spiro atoms. The number of aryl methyl sites for hydroxylation is 1. The molecule has 0 amide bonds. The first-order chi connectivity index (χ1) is 12.1. The molecule has 0 aliphatic rings. The van der Waals surface area contributed by atoms with Gasteiger partial charge in [0.15, 0.2) is 5.78 Å². The zero-order valence-corrected chi connectivity index (χ0v) is 14.8. The average molecular weight is 347 g/mol. The minimum Gasteiger partial charge on any atom is -0.360 e. The summed E-state index contributed by atoms with van der Waals surface area (Å²) < 4.78 is 0. The summed E-state index contributed by atoms with van der Waals surface area (Å²) in [7, 11) is 0. The molecule has 4 nitrogen and oxygen atoms in total. The molecule has 4 rings (SSSR count). The second-order valence-corrected chi connectivity index (χ2v) is 7.29. The van der Waals surface area contributed by atoms with Crippen molar-refractivity contribution in [3.05, 3.63) is 66.1 Å². The van der Waals surface area contributed by atoms with E-state index in [2.05, 4.69) is 15.0 Å². The Labute approximate surface area is 149 Å². The van der Waals surface area contributed by atoms with Crippen LogP contribution in [0.5, 0.6) is 0 Å². The third-order valence-electron chi connectivity index (χ3n) is 4.19. The Morgan fingerprint density at radius 3 is 2.60 bits per heavy atom. The molecule has 124 valence electrons. The predicted octanol–water partition coefficient (Wildman–Crippen LogP) is 4.78. The van der Waals surface area contributed by atoms with Crippen molar-refractivity contribution < 1.29 is 4.79 Å². The zero-order valence-electron chi connectivity index (χ0n) is 14.0. The highest BCUT2D eigenvalue weighted by Gasteiger charge is 2.21. The number of Topliss-reactive ketones (excluding diaryl/α,β-unsaturated/α-hetero) is 1. The summed E-state index contributed by atoms with van der Waals surface area (Å²) in [4.78, 5) is 25.2. The summed E-state index contributed by atoms with van der Waals surface area (Å²) in [5.74, 6) is 0.815. The molecule has 0 fully saturated rings. The number of hydrogen-bond acceptors (Lipinski definition) is 4. The Bertz CT molecular complexity index is 1090. The second-order valence-electron chi connectivity index (χ2n) is 5.97. The molecule has 4 aromatic rings. The van der Waals surface area contributed by atoms with Gasteiger partial charge in [0, 0.05) is 28.0 Å². The van der Waals surface area contributed by atoms with Crippen molar-refractivity contribution >= 4 is 39.4 Å². The SMILES string of the molecule is Cc1nc(S[C@@H](C)C(=O)c2c[nH]c3ccccc23)c2ccccc2n1. The summed E-state index contributed by atoms with van der Waals surface area (Å²) in [6, 6.07) is 15.8. The van der Waals surface area contributed by atoms with E-state index in [1.807, 2.05) is 62.4 Å². The van der Waals surface area contributed by atoms with Crippen LogP contribution in [0.3, 0.4) is 0 Å². The highest BCUT2D eigenvalue weighted by molar-refractivity contribution is 8.00. The van der Waals surface area contributed by atoms with Gasteiger partial charge in [-0.25, -0.2) is 9.97 Å². The van der Waals surface area contributed by atoms with Gasteiger partial charge in [0.1, 0.15) is 10.9 Å². The van der Waals surface area contributed by atoms with Gasteiger partial charge in [-0.15, -0.1) is 0 Å². The van der Waals surface area contributed by atoms with Crippen molar-refractivity contribution in [2.45, 2.75) is 24.1 Å². The fourth-order valence-electron chi connectivity index (χ4n) is 2.96. The molecule has 5 heteroatoms. The number of carbonyl (C=O) groups excluding carboxylic acids is 1. The fourth-order valence-corrected chi connectivity index (χ4v) is 4.02. The van der Waals surface area contributed by atoms with E-state index >= 15 is 0 Å². The Balaban J connectivity index is 1.68. The Morgan fingerprint density at radius 2 is 1.76 bits per heavy atom. The Hall–Kier alpha value is -2.66. The lowest BCUT2D eigenvalue weighted by molar-refractivity contribution is 0.0995. The van der Waals surface area contributed by atoms with E-state index in [-0.39, 0.29) is 11.0 Å². The van der Waals surface area contributed by atoms with E-state index in [0.29, 0.717) is 5.82 Å². The van der Waals surface area contributed by atoms with Crippen molar-refractivity contribution in [3.8, 4) is 0 Å². The summed E-state index contributed by atoms with van der Waals surface area (Å²) >= 11 is 1.49. The number of aromatic nitrogens is 3. The first-order valence-electron chi connectivity index (χ1n) is 8.14. The maximum atomic E-state index is 13.0. The number of hydrogen-bond donors (Lipinski definition) is 1. The van der Waals surface area contributed by atoms with Crippen LogP contribution in [0.15, 0.2) is 59.8 Å². The predicted molar refractivity (Wildman–Crippen MR) is 102 cm³/mol. The van der Waals surface area contributed by atoms with E-state index in [0.717, 1.165) is 32.4 Å². The lowest BCUT2D eigenvalue weighted by atomic mass is 10.1. The lowest BCUT2D eigenvalue weighted by Crippen LogP contribution is -2.13. The molecule has 1 N–H and O–H groups in total. The molecule has 2 aromatic carbocycles. The second kappa shape index (κ2) is 6.33. The zero-order chi connectivity index (χ0) is 17.4. The van der Waals surface area contributed by atoms with Crippen molar-refractivity contribution in [3.63, 3.8) is 0 Å².